The van der Waals surface area contributed by atoms with Gasteiger partial charge in [-0.2, -0.15) is 0 Å². The number of carbonyl (C=O) groups excluding carboxylic acids is 3. The van der Waals surface area contributed by atoms with E-state index in [2.05, 4.69) is 5.32 Å². The third-order valence-corrected chi connectivity index (χ3v) is 7.57. The smallest absolute Gasteiger partial charge is 0.250 e. The number of halogens is 1. The van der Waals surface area contributed by atoms with Gasteiger partial charge in [-0.3, -0.25) is 19.3 Å². The average molecular weight is 435 g/mol. The monoisotopic (exact) mass is 435 g/mol. The van der Waals surface area contributed by atoms with Crippen molar-refractivity contribution in [3.05, 3.63) is 47.8 Å². The van der Waals surface area contributed by atoms with Crippen LogP contribution in [0.2, 0.25) is 0 Å². The van der Waals surface area contributed by atoms with E-state index in [4.69, 9.17) is 9.47 Å². The molecule has 162 valence electrons. The molecule has 3 amide bonds. The Balaban J connectivity index is 1.41. The lowest BCUT2D eigenvalue weighted by molar-refractivity contribution is -0.135. The van der Waals surface area contributed by atoms with Crippen molar-refractivity contribution in [2.24, 2.45) is 11.8 Å². The molecular formula is C23H18FN3O5. The second kappa shape index (κ2) is 5.86. The van der Waals surface area contributed by atoms with Crippen LogP contribution in [0.15, 0.2) is 36.4 Å². The molecule has 2 aromatic rings. The van der Waals surface area contributed by atoms with E-state index in [0.29, 0.717) is 41.4 Å². The highest BCUT2D eigenvalue weighted by molar-refractivity contribution is 6.26. The molecule has 5 aliphatic heterocycles. The van der Waals surface area contributed by atoms with Gasteiger partial charge < -0.3 is 14.8 Å². The van der Waals surface area contributed by atoms with Crippen molar-refractivity contribution < 1.29 is 28.2 Å². The van der Waals surface area contributed by atoms with Crippen molar-refractivity contribution in [2.75, 3.05) is 23.6 Å². The lowest BCUT2D eigenvalue weighted by Gasteiger charge is -2.36. The van der Waals surface area contributed by atoms with Gasteiger partial charge in [0.1, 0.15) is 11.4 Å². The third kappa shape index (κ3) is 1.94. The van der Waals surface area contributed by atoms with Gasteiger partial charge in [-0.1, -0.05) is 0 Å². The van der Waals surface area contributed by atoms with Gasteiger partial charge in [0.05, 0.1) is 17.5 Å². The molecule has 32 heavy (non-hydrogen) atoms. The van der Waals surface area contributed by atoms with Crippen molar-refractivity contribution in [3.8, 4) is 11.5 Å². The summed E-state index contributed by atoms with van der Waals surface area (Å²) in [7, 11) is 0. The van der Waals surface area contributed by atoms with Crippen molar-refractivity contribution >= 4 is 29.1 Å². The number of amides is 3. The summed E-state index contributed by atoms with van der Waals surface area (Å²) in [5, 5.41) is 2.84. The zero-order chi connectivity index (χ0) is 21.8. The molecule has 7 rings (SSSR count). The Labute approximate surface area is 181 Å². The van der Waals surface area contributed by atoms with E-state index in [1.807, 2.05) is 4.90 Å². The number of anilines is 2. The molecule has 0 radical (unpaired) electrons. The number of fused-ring (bicyclic) bond motifs is 8. The Hall–Kier alpha value is -3.46. The van der Waals surface area contributed by atoms with Gasteiger partial charge in [0.2, 0.25) is 24.5 Å². The molecule has 0 bridgehead atoms. The summed E-state index contributed by atoms with van der Waals surface area (Å²) >= 11 is 0. The molecule has 0 aliphatic carbocycles. The maximum Gasteiger partial charge on any atom is 0.250 e. The van der Waals surface area contributed by atoms with Crippen LogP contribution in [-0.2, 0) is 19.9 Å². The van der Waals surface area contributed by atoms with E-state index in [0.717, 1.165) is 6.42 Å². The van der Waals surface area contributed by atoms with E-state index in [1.54, 1.807) is 18.2 Å². The highest BCUT2D eigenvalue weighted by Gasteiger charge is 2.74. The SMILES string of the molecule is O=C1C2C3CCCN3C3(C(=O)Nc4ccc(F)cc43)C2C(=O)N1c1ccc2c(c1)OCO2. The first-order valence-corrected chi connectivity index (χ1v) is 10.7. The second-order valence-corrected chi connectivity index (χ2v) is 8.87. The molecule has 3 saturated heterocycles. The molecule has 8 nitrogen and oxygen atoms in total. The van der Waals surface area contributed by atoms with E-state index >= 15 is 0 Å². The number of benzene rings is 2. The standard InChI is InChI=1S/C23H18FN3O5/c24-11-3-5-14-13(8-11)23(22(30)25-14)19-18(15-2-1-7-26(15)23)20(28)27(21(19)29)12-4-6-16-17(9-12)32-10-31-16/h3-6,8-9,15,18-19H,1-2,7,10H2,(H,25,30). The van der Waals surface area contributed by atoms with Crippen LogP contribution in [-0.4, -0.2) is 42.0 Å². The predicted octanol–water partition coefficient (Wildman–Crippen LogP) is 1.99. The summed E-state index contributed by atoms with van der Waals surface area (Å²) in [6.45, 7) is 0.653. The van der Waals surface area contributed by atoms with Crippen molar-refractivity contribution in [2.45, 2.75) is 24.4 Å². The number of nitrogens with one attached hydrogen (secondary N) is 1. The summed E-state index contributed by atoms with van der Waals surface area (Å²) in [5.74, 6) is -2.21. The quantitative estimate of drug-likeness (QED) is 0.690. The first-order valence-electron chi connectivity index (χ1n) is 10.7. The maximum atomic E-state index is 14.3. The molecule has 5 heterocycles. The van der Waals surface area contributed by atoms with Crippen LogP contribution in [0.1, 0.15) is 18.4 Å². The average Bonchev–Trinajstić information content (AvgIpc) is 3.55. The number of rotatable bonds is 1. The zero-order valence-electron chi connectivity index (χ0n) is 16.8. The summed E-state index contributed by atoms with van der Waals surface area (Å²) < 4.78 is 25.1. The van der Waals surface area contributed by atoms with Crippen LogP contribution < -0.4 is 19.7 Å². The first-order chi connectivity index (χ1) is 15.5. The van der Waals surface area contributed by atoms with Crippen molar-refractivity contribution in [3.63, 3.8) is 0 Å². The van der Waals surface area contributed by atoms with Crippen LogP contribution in [0.4, 0.5) is 15.8 Å². The predicted molar refractivity (Wildman–Crippen MR) is 108 cm³/mol. The summed E-state index contributed by atoms with van der Waals surface area (Å²) in [6, 6.07) is 8.80. The largest absolute Gasteiger partial charge is 0.454 e. The molecule has 1 spiro atoms. The zero-order valence-corrected chi connectivity index (χ0v) is 16.8. The van der Waals surface area contributed by atoms with Gasteiger partial charge in [-0.25, -0.2) is 9.29 Å². The topological polar surface area (TPSA) is 88.2 Å². The minimum absolute atomic E-state index is 0.0780. The minimum Gasteiger partial charge on any atom is -0.454 e. The van der Waals surface area contributed by atoms with Gasteiger partial charge >= 0.3 is 0 Å². The van der Waals surface area contributed by atoms with Crippen molar-refractivity contribution in [1.82, 2.24) is 4.90 Å². The number of ether oxygens (including phenoxy) is 2. The Kier molecular flexibility index (Phi) is 3.32. The fourth-order valence-corrected chi connectivity index (χ4v) is 6.45. The van der Waals surface area contributed by atoms with Crippen LogP contribution in [0.5, 0.6) is 11.5 Å². The fourth-order valence-electron chi connectivity index (χ4n) is 6.45. The number of imide groups is 1. The van der Waals surface area contributed by atoms with Gasteiger partial charge in [0, 0.05) is 23.4 Å². The van der Waals surface area contributed by atoms with E-state index in [9.17, 15) is 18.8 Å². The number of hydrogen-bond donors (Lipinski definition) is 1. The second-order valence-electron chi connectivity index (χ2n) is 8.87. The molecule has 4 unspecified atom stereocenters. The highest BCUT2D eigenvalue weighted by Crippen LogP contribution is 2.60. The summed E-state index contributed by atoms with van der Waals surface area (Å²) in [4.78, 5) is 44.2. The van der Waals surface area contributed by atoms with Crippen LogP contribution in [0.3, 0.4) is 0 Å². The molecule has 2 aromatic carbocycles. The summed E-state index contributed by atoms with van der Waals surface area (Å²) in [6.07, 6.45) is 1.51. The van der Waals surface area contributed by atoms with Gasteiger partial charge in [-0.05, 0) is 49.7 Å². The van der Waals surface area contributed by atoms with E-state index in [-0.39, 0.29) is 24.6 Å². The Morgan fingerprint density at radius 1 is 1.03 bits per heavy atom. The molecule has 0 aromatic heterocycles. The molecule has 4 atom stereocenters. The molecular weight excluding hydrogens is 417 g/mol. The molecule has 5 aliphatic rings. The van der Waals surface area contributed by atoms with E-state index in [1.165, 1.54) is 23.1 Å². The lowest BCUT2D eigenvalue weighted by Crippen LogP contribution is -2.54. The fraction of sp³-hybridized carbons (Fsp3) is 0.348. The Morgan fingerprint density at radius 2 is 1.88 bits per heavy atom. The molecule has 0 saturated carbocycles. The van der Waals surface area contributed by atoms with Crippen LogP contribution in [0.25, 0.3) is 0 Å². The Bertz CT molecular complexity index is 1250. The van der Waals surface area contributed by atoms with Gasteiger partial charge in [0.25, 0.3) is 0 Å². The van der Waals surface area contributed by atoms with Crippen molar-refractivity contribution in [1.29, 1.82) is 0 Å². The summed E-state index contributed by atoms with van der Waals surface area (Å²) in [5.41, 5.74) is -0.0718. The molecule has 3 fully saturated rings. The molecule has 1 N–H and O–H groups in total. The van der Waals surface area contributed by atoms with Gasteiger partial charge in [0.15, 0.2) is 11.5 Å². The van der Waals surface area contributed by atoms with Crippen LogP contribution in [0, 0.1) is 17.7 Å². The number of carbonyl (C=O) groups is 3. The lowest BCUT2D eigenvalue weighted by atomic mass is 9.75. The third-order valence-electron chi connectivity index (χ3n) is 7.57. The van der Waals surface area contributed by atoms with Gasteiger partial charge in [-0.15, -0.1) is 0 Å². The first kappa shape index (κ1) is 18.1. The molecule has 9 heteroatoms. The maximum absolute atomic E-state index is 14.3. The normalized spacial score (nSPS) is 32.0. The minimum atomic E-state index is -1.39. The number of hydrogen-bond acceptors (Lipinski definition) is 6. The Morgan fingerprint density at radius 3 is 2.75 bits per heavy atom. The van der Waals surface area contributed by atoms with E-state index < -0.39 is 29.1 Å². The number of nitrogens with zero attached hydrogens (tertiary/aromatic N) is 2. The highest BCUT2D eigenvalue weighted by atomic mass is 19.1. The van der Waals surface area contributed by atoms with Crippen LogP contribution >= 0.6 is 0 Å².